The fraction of sp³-hybridized carbons (Fsp3) is 0.0667. The lowest BCUT2D eigenvalue weighted by Gasteiger charge is -2.03. The Morgan fingerprint density at radius 2 is 2.08 bits per heavy atom. The third kappa shape index (κ3) is 4.16. The van der Waals surface area contributed by atoms with E-state index < -0.39 is 4.92 Å². The Bertz CT molecular complexity index is 955. The summed E-state index contributed by atoms with van der Waals surface area (Å²) in [7, 11) is 0. The fourth-order valence-corrected chi connectivity index (χ4v) is 4.35. The summed E-state index contributed by atoms with van der Waals surface area (Å²) in [6, 6.07) is 7.84. The van der Waals surface area contributed by atoms with E-state index in [0.29, 0.717) is 30.6 Å². The van der Waals surface area contributed by atoms with Crippen LogP contribution in [0.15, 0.2) is 35.7 Å². The van der Waals surface area contributed by atoms with Crippen LogP contribution < -0.4 is 5.32 Å². The van der Waals surface area contributed by atoms with Gasteiger partial charge in [-0.2, -0.15) is 0 Å². The molecule has 2 aromatic heterocycles. The number of hydrogen-bond donors (Lipinski definition) is 1. The molecule has 25 heavy (non-hydrogen) atoms. The number of carbonyl (C=O) groups is 1. The maximum atomic E-state index is 12.2. The molecule has 1 aromatic carbocycles. The molecule has 10 heteroatoms. The SMILES string of the molecule is O=C(Cc1ccccc1[N+](=O)[O-])Nc1nc(-c2cc(Cl)sc2Cl)cs1. The minimum atomic E-state index is -0.508. The number of aromatic nitrogens is 1. The molecular formula is C15H9Cl2N3O3S2. The summed E-state index contributed by atoms with van der Waals surface area (Å²) in [6.07, 6.45) is -0.114. The zero-order chi connectivity index (χ0) is 18.0. The predicted molar refractivity (Wildman–Crippen MR) is 101 cm³/mol. The highest BCUT2D eigenvalue weighted by Crippen LogP contribution is 2.39. The molecule has 3 aromatic rings. The summed E-state index contributed by atoms with van der Waals surface area (Å²) in [5.74, 6) is -0.385. The number of carbonyl (C=O) groups excluding carboxylic acids is 1. The van der Waals surface area contributed by atoms with Crippen LogP contribution >= 0.6 is 45.9 Å². The van der Waals surface area contributed by atoms with Crippen LogP contribution in [0.2, 0.25) is 8.67 Å². The number of thiophene rings is 1. The van der Waals surface area contributed by atoms with Crippen molar-refractivity contribution in [3.63, 3.8) is 0 Å². The molecule has 0 aliphatic carbocycles. The van der Waals surface area contributed by atoms with Crippen LogP contribution in [-0.4, -0.2) is 15.8 Å². The van der Waals surface area contributed by atoms with Crippen LogP contribution in [0.4, 0.5) is 10.8 Å². The van der Waals surface area contributed by atoms with Crippen molar-refractivity contribution < 1.29 is 9.72 Å². The van der Waals surface area contributed by atoms with Gasteiger partial charge in [0.25, 0.3) is 5.69 Å². The lowest BCUT2D eigenvalue weighted by Crippen LogP contribution is -2.15. The monoisotopic (exact) mass is 413 g/mol. The molecule has 0 aliphatic rings. The summed E-state index contributed by atoms with van der Waals surface area (Å²) < 4.78 is 1.07. The molecule has 0 radical (unpaired) electrons. The first-order valence-corrected chi connectivity index (χ1v) is 9.32. The first-order valence-electron chi connectivity index (χ1n) is 6.87. The minimum Gasteiger partial charge on any atom is -0.302 e. The van der Waals surface area contributed by atoms with Gasteiger partial charge < -0.3 is 5.32 Å². The maximum absolute atomic E-state index is 12.2. The summed E-state index contributed by atoms with van der Waals surface area (Å²) in [6.45, 7) is 0. The third-order valence-corrected chi connectivity index (χ3v) is 5.47. The van der Waals surface area contributed by atoms with Crippen molar-refractivity contribution in [2.24, 2.45) is 0 Å². The molecule has 1 amide bonds. The minimum absolute atomic E-state index is 0.0859. The first-order chi connectivity index (χ1) is 11.9. The zero-order valence-electron chi connectivity index (χ0n) is 12.4. The van der Waals surface area contributed by atoms with E-state index in [2.05, 4.69) is 10.3 Å². The summed E-state index contributed by atoms with van der Waals surface area (Å²) in [4.78, 5) is 27.0. The smallest absolute Gasteiger partial charge is 0.273 e. The van der Waals surface area contributed by atoms with Gasteiger partial charge in [0.1, 0.15) is 4.34 Å². The molecule has 0 spiro atoms. The number of nitrogens with one attached hydrogen (secondary N) is 1. The van der Waals surface area contributed by atoms with E-state index in [1.54, 1.807) is 29.6 Å². The van der Waals surface area contributed by atoms with Gasteiger partial charge in [0.15, 0.2) is 5.13 Å². The number of anilines is 1. The maximum Gasteiger partial charge on any atom is 0.273 e. The normalized spacial score (nSPS) is 10.6. The largest absolute Gasteiger partial charge is 0.302 e. The van der Waals surface area contributed by atoms with Gasteiger partial charge in [0, 0.05) is 22.6 Å². The van der Waals surface area contributed by atoms with Crippen molar-refractivity contribution in [3.05, 3.63) is 60.1 Å². The third-order valence-electron chi connectivity index (χ3n) is 3.22. The van der Waals surface area contributed by atoms with Crippen LogP contribution in [0.25, 0.3) is 11.3 Å². The molecule has 0 saturated carbocycles. The molecule has 0 unspecified atom stereocenters. The van der Waals surface area contributed by atoms with Gasteiger partial charge in [-0.1, -0.05) is 41.4 Å². The lowest BCUT2D eigenvalue weighted by atomic mass is 10.1. The van der Waals surface area contributed by atoms with Crippen molar-refractivity contribution in [3.8, 4) is 11.3 Å². The highest BCUT2D eigenvalue weighted by Gasteiger charge is 2.17. The first kappa shape index (κ1) is 17.8. The molecule has 0 atom stereocenters. The Morgan fingerprint density at radius 1 is 1.32 bits per heavy atom. The Kier molecular flexibility index (Phi) is 5.33. The highest BCUT2D eigenvalue weighted by molar-refractivity contribution is 7.20. The van der Waals surface area contributed by atoms with Gasteiger partial charge in [-0.3, -0.25) is 14.9 Å². The van der Waals surface area contributed by atoms with Crippen molar-refractivity contribution in [1.29, 1.82) is 0 Å². The van der Waals surface area contributed by atoms with Gasteiger partial charge in [-0.05, 0) is 6.07 Å². The molecule has 1 N–H and O–H groups in total. The van der Waals surface area contributed by atoms with Crippen molar-refractivity contribution >= 4 is 62.6 Å². The number of nitro benzene ring substituents is 1. The van der Waals surface area contributed by atoms with Crippen LogP contribution in [0.1, 0.15) is 5.56 Å². The lowest BCUT2D eigenvalue weighted by molar-refractivity contribution is -0.385. The van der Waals surface area contributed by atoms with Crippen molar-refractivity contribution in [2.45, 2.75) is 6.42 Å². The summed E-state index contributed by atoms with van der Waals surface area (Å²) in [5, 5.41) is 15.8. The molecule has 2 heterocycles. The highest BCUT2D eigenvalue weighted by atomic mass is 35.5. The van der Waals surface area contributed by atoms with E-state index in [0.717, 1.165) is 0 Å². The zero-order valence-corrected chi connectivity index (χ0v) is 15.5. The Labute approximate surface area is 160 Å². The predicted octanol–water partition coefficient (Wildman–Crippen LogP) is 5.27. The molecule has 3 rings (SSSR count). The Morgan fingerprint density at radius 3 is 2.76 bits per heavy atom. The standard InChI is InChI=1S/C15H9Cl2N3O3S2/c16-12-6-9(14(17)25-12)10-7-24-15(18-10)19-13(21)5-8-3-1-2-4-11(8)20(22)23/h1-4,6-7H,5H2,(H,18,19,21). The number of thiazole rings is 1. The second-order valence-electron chi connectivity index (χ2n) is 4.89. The van der Waals surface area contributed by atoms with Crippen LogP contribution in [0.5, 0.6) is 0 Å². The quantitative estimate of drug-likeness (QED) is 0.455. The van der Waals surface area contributed by atoms with E-state index in [-0.39, 0.29) is 18.0 Å². The van der Waals surface area contributed by atoms with E-state index in [4.69, 9.17) is 23.2 Å². The summed E-state index contributed by atoms with van der Waals surface area (Å²) >= 11 is 14.5. The van der Waals surface area contributed by atoms with E-state index in [1.165, 1.54) is 28.7 Å². The second kappa shape index (κ2) is 7.49. The fourth-order valence-electron chi connectivity index (χ4n) is 2.14. The molecule has 6 nitrogen and oxygen atoms in total. The van der Waals surface area contributed by atoms with Crippen LogP contribution in [-0.2, 0) is 11.2 Å². The summed E-state index contributed by atoms with van der Waals surface area (Å²) in [5.41, 5.74) is 1.57. The molecule has 128 valence electrons. The number of halogens is 2. The number of nitro groups is 1. The van der Waals surface area contributed by atoms with Crippen molar-refractivity contribution in [2.75, 3.05) is 5.32 Å². The van der Waals surface area contributed by atoms with E-state index in [9.17, 15) is 14.9 Å². The van der Waals surface area contributed by atoms with Gasteiger partial charge in [0.2, 0.25) is 5.91 Å². The van der Waals surface area contributed by atoms with Crippen LogP contribution in [0, 0.1) is 10.1 Å². The molecule has 0 fully saturated rings. The average Bonchev–Trinajstić information content (AvgIpc) is 3.13. The van der Waals surface area contributed by atoms with Gasteiger partial charge in [-0.15, -0.1) is 22.7 Å². The second-order valence-corrected chi connectivity index (χ2v) is 8.03. The average molecular weight is 414 g/mol. The number of amides is 1. The number of para-hydroxylation sites is 1. The number of benzene rings is 1. The molecule has 0 aliphatic heterocycles. The van der Waals surface area contributed by atoms with Gasteiger partial charge in [-0.25, -0.2) is 4.98 Å². The van der Waals surface area contributed by atoms with Gasteiger partial charge in [0.05, 0.1) is 21.4 Å². The Hall–Kier alpha value is -2.00. The number of rotatable bonds is 5. The van der Waals surface area contributed by atoms with Crippen molar-refractivity contribution in [1.82, 2.24) is 4.98 Å². The van der Waals surface area contributed by atoms with E-state index >= 15 is 0 Å². The number of nitrogens with zero attached hydrogens (tertiary/aromatic N) is 2. The van der Waals surface area contributed by atoms with Gasteiger partial charge >= 0.3 is 0 Å². The number of hydrogen-bond acceptors (Lipinski definition) is 6. The molecule has 0 saturated heterocycles. The molecular weight excluding hydrogens is 405 g/mol. The Balaban J connectivity index is 1.72. The van der Waals surface area contributed by atoms with Crippen LogP contribution in [0.3, 0.4) is 0 Å². The topological polar surface area (TPSA) is 85.1 Å². The van der Waals surface area contributed by atoms with E-state index in [1.807, 2.05) is 0 Å². The molecule has 0 bridgehead atoms.